The van der Waals surface area contributed by atoms with Crippen LogP contribution in [0.5, 0.6) is 0 Å². The van der Waals surface area contributed by atoms with Gasteiger partial charge in [-0.15, -0.1) is 0 Å². The second-order valence-corrected chi connectivity index (χ2v) is 6.25. The molecule has 2 rings (SSSR count). The van der Waals surface area contributed by atoms with Gasteiger partial charge in [0.05, 0.1) is 11.8 Å². The highest BCUT2D eigenvalue weighted by atomic mass is 16.4. The number of rotatable bonds is 5. The summed E-state index contributed by atoms with van der Waals surface area (Å²) in [6, 6.07) is 0.0944. The molecule has 0 radical (unpaired) electrons. The van der Waals surface area contributed by atoms with E-state index in [0.29, 0.717) is 12.8 Å². The van der Waals surface area contributed by atoms with Gasteiger partial charge in [-0.2, -0.15) is 0 Å². The lowest BCUT2D eigenvalue weighted by Crippen LogP contribution is -2.46. The van der Waals surface area contributed by atoms with Gasteiger partial charge < -0.3 is 15.3 Å². The van der Waals surface area contributed by atoms with E-state index in [1.165, 1.54) is 12.8 Å². The fourth-order valence-electron chi connectivity index (χ4n) is 3.49. The molecule has 1 saturated heterocycles. The van der Waals surface area contributed by atoms with Crippen LogP contribution < -0.4 is 5.32 Å². The smallest absolute Gasteiger partial charge is 0.307 e. The van der Waals surface area contributed by atoms with Crippen LogP contribution in [0.3, 0.4) is 0 Å². The Kier molecular flexibility index (Phi) is 5.40. The molecule has 20 heavy (non-hydrogen) atoms. The molecule has 0 bridgehead atoms. The summed E-state index contributed by atoms with van der Waals surface area (Å²) in [5.74, 6) is -1.73. The molecule has 1 aliphatic carbocycles. The number of likely N-dealkylation sites (tertiary alicyclic amines) is 1. The van der Waals surface area contributed by atoms with Crippen molar-refractivity contribution in [2.45, 2.75) is 51.5 Å². The lowest BCUT2D eigenvalue weighted by molar-refractivity contribution is -0.149. The zero-order chi connectivity index (χ0) is 14.5. The molecule has 114 valence electrons. The molecule has 2 aliphatic rings. The predicted octanol–water partition coefficient (Wildman–Crippen LogP) is 1.48. The molecule has 0 aromatic rings. The number of nitrogens with one attached hydrogen (secondary N) is 1. The molecule has 0 aromatic carbocycles. The van der Waals surface area contributed by atoms with E-state index in [0.717, 1.165) is 32.5 Å². The fourth-order valence-corrected chi connectivity index (χ4v) is 3.49. The second kappa shape index (κ2) is 7.07. The summed E-state index contributed by atoms with van der Waals surface area (Å²) in [6.45, 7) is 5.10. The van der Waals surface area contributed by atoms with Crippen LogP contribution in [0.15, 0.2) is 0 Å². The summed E-state index contributed by atoms with van der Waals surface area (Å²) in [4.78, 5) is 25.9. The standard InChI is InChI=1S/C15H26N2O3/c1-11(10-17-8-4-5-9-17)16-14(18)12-6-2-3-7-13(12)15(19)20/h11-13H,2-10H2,1H3,(H,16,18)(H,19,20). The highest BCUT2D eigenvalue weighted by molar-refractivity contribution is 5.85. The number of hydrogen-bond donors (Lipinski definition) is 2. The molecular formula is C15H26N2O3. The summed E-state index contributed by atoms with van der Waals surface area (Å²) in [6.07, 6.45) is 5.70. The third-order valence-electron chi connectivity index (χ3n) is 4.54. The van der Waals surface area contributed by atoms with Crippen molar-refractivity contribution in [3.63, 3.8) is 0 Å². The number of aliphatic carboxylic acids is 1. The molecule has 5 heteroatoms. The van der Waals surface area contributed by atoms with Gasteiger partial charge >= 0.3 is 5.97 Å². The SMILES string of the molecule is CC(CN1CCCC1)NC(=O)C1CCCCC1C(=O)O. The van der Waals surface area contributed by atoms with Crippen molar-refractivity contribution in [3.05, 3.63) is 0 Å². The first-order chi connectivity index (χ1) is 9.58. The molecule has 0 aromatic heterocycles. The van der Waals surface area contributed by atoms with Gasteiger partial charge in [-0.3, -0.25) is 9.59 Å². The molecule has 2 fully saturated rings. The van der Waals surface area contributed by atoms with Gasteiger partial charge in [-0.25, -0.2) is 0 Å². The van der Waals surface area contributed by atoms with Crippen LogP contribution in [0, 0.1) is 11.8 Å². The molecule has 3 unspecified atom stereocenters. The van der Waals surface area contributed by atoms with Gasteiger partial charge in [0.15, 0.2) is 0 Å². The maximum absolute atomic E-state index is 12.3. The Balaban J connectivity index is 1.84. The van der Waals surface area contributed by atoms with E-state index in [2.05, 4.69) is 10.2 Å². The van der Waals surface area contributed by atoms with E-state index in [4.69, 9.17) is 0 Å². The van der Waals surface area contributed by atoms with Crippen molar-refractivity contribution in [2.75, 3.05) is 19.6 Å². The summed E-state index contributed by atoms with van der Waals surface area (Å²) in [5, 5.41) is 12.3. The minimum Gasteiger partial charge on any atom is -0.481 e. The Morgan fingerprint density at radius 3 is 2.35 bits per heavy atom. The second-order valence-electron chi connectivity index (χ2n) is 6.25. The van der Waals surface area contributed by atoms with Gasteiger partial charge in [0.1, 0.15) is 0 Å². The van der Waals surface area contributed by atoms with E-state index in [1.807, 2.05) is 6.92 Å². The Morgan fingerprint density at radius 2 is 1.75 bits per heavy atom. The first kappa shape index (κ1) is 15.3. The first-order valence-corrected chi connectivity index (χ1v) is 7.83. The van der Waals surface area contributed by atoms with Crippen molar-refractivity contribution in [3.8, 4) is 0 Å². The van der Waals surface area contributed by atoms with Crippen molar-refractivity contribution in [2.24, 2.45) is 11.8 Å². The van der Waals surface area contributed by atoms with Crippen LogP contribution >= 0.6 is 0 Å². The Labute approximate surface area is 120 Å². The average molecular weight is 282 g/mol. The number of carbonyl (C=O) groups excluding carboxylic acids is 1. The maximum Gasteiger partial charge on any atom is 0.307 e. The molecule has 1 amide bonds. The van der Waals surface area contributed by atoms with E-state index in [1.54, 1.807) is 0 Å². The molecule has 1 aliphatic heterocycles. The first-order valence-electron chi connectivity index (χ1n) is 7.83. The van der Waals surface area contributed by atoms with E-state index >= 15 is 0 Å². The number of carboxylic acids is 1. The molecular weight excluding hydrogens is 256 g/mol. The number of carbonyl (C=O) groups is 2. The van der Waals surface area contributed by atoms with E-state index in [9.17, 15) is 14.7 Å². The largest absolute Gasteiger partial charge is 0.481 e. The van der Waals surface area contributed by atoms with Gasteiger partial charge in [0.2, 0.25) is 5.91 Å². The average Bonchev–Trinajstić information content (AvgIpc) is 2.91. The number of carboxylic acid groups (broad SMARTS) is 1. The monoisotopic (exact) mass is 282 g/mol. The van der Waals surface area contributed by atoms with Crippen molar-refractivity contribution in [1.29, 1.82) is 0 Å². The Hall–Kier alpha value is -1.10. The summed E-state index contributed by atoms with van der Waals surface area (Å²) < 4.78 is 0. The Morgan fingerprint density at radius 1 is 1.15 bits per heavy atom. The van der Waals surface area contributed by atoms with Crippen LogP contribution in [0.4, 0.5) is 0 Å². The summed E-state index contributed by atoms with van der Waals surface area (Å²) in [5.41, 5.74) is 0. The van der Waals surface area contributed by atoms with Gasteiger partial charge in [-0.05, 0) is 45.7 Å². The van der Waals surface area contributed by atoms with E-state index < -0.39 is 11.9 Å². The van der Waals surface area contributed by atoms with Crippen molar-refractivity contribution >= 4 is 11.9 Å². The van der Waals surface area contributed by atoms with Crippen LogP contribution in [0.25, 0.3) is 0 Å². The molecule has 1 heterocycles. The van der Waals surface area contributed by atoms with Crippen LogP contribution in [-0.2, 0) is 9.59 Å². The predicted molar refractivity (Wildman–Crippen MR) is 76.4 cm³/mol. The zero-order valence-corrected chi connectivity index (χ0v) is 12.3. The molecule has 0 spiro atoms. The van der Waals surface area contributed by atoms with E-state index in [-0.39, 0.29) is 17.9 Å². The number of hydrogen-bond acceptors (Lipinski definition) is 3. The third-order valence-corrected chi connectivity index (χ3v) is 4.54. The minimum absolute atomic E-state index is 0.0659. The lowest BCUT2D eigenvalue weighted by Gasteiger charge is -2.29. The zero-order valence-electron chi connectivity index (χ0n) is 12.3. The fraction of sp³-hybridized carbons (Fsp3) is 0.867. The highest BCUT2D eigenvalue weighted by Gasteiger charge is 2.36. The minimum atomic E-state index is -0.822. The summed E-state index contributed by atoms with van der Waals surface area (Å²) >= 11 is 0. The number of nitrogens with zero attached hydrogens (tertiary/aromatic N) is 1. The van der Waals surface area contributed by atoms with Gasteiger partial charge in [0.25, 0.3) is 0 Å². The normalized spacial score (nSPS) is 29.1. The van der Waals surface area contributed by atoms with Crippen molar-refractivity contribution in [1.82, 2.24) is 10.2 Å². The molecule has 2 N–H and O–H groups in total. The summed E-state index contributed by atoms with van der Waals surface area (Å²) in [7, 11) is 0. The lowest BCUT2D eigenvalue weighted by atomic mass is 9.78. The molecule has 5 nitrogen and oxygen atoms in total. The highest BCUT2D eigenvalue weighted by Crippen LogP contribution is 2.30. The van der Waals surface area contributed by atoms with Gasteiger partial charge in [-0.1, -0.05) is 12.8 Å². The Bertz CT molecular complexity index is 353. The van der Waals surface area contributed by atoms with Crippen LogP contribution in [-0.4, -0.2) is 47.6 Å². The van der Waals surface area contributed by atoms with Crippen LogP contribution in [0.2, 0.25) is 0 Å². The molecule has 3 atom stereocenters. The quantitative estimate of drug-likeness (QED) is 0.801. The van der Waals surface area contributed by atoms with Crippen LogP contribution in [0.1, 0.15) is 45.4 Å². The van der Waals surface area contributed by atoms with Crippen molar-refractivity contribution < 1.29 is 14.7 Å². The maximum atomic E-state index is 12.3. The van der Waals surface area contributed by atoms with Gasteiger partial charge in [0, 0.05) is 12.6 Å². The molecule has 1 saturated carbocycles. The third kappa shape index (κ3) is 3.95. The number of amides is 1. The topological polar surface area (TPSA) is 69.6 Å².